The van der Waals surface area contributed by atoms with Crippen molar-refractivity contribution < 1.29 is 28.6 Å². The average molecular weight is 1000 g/mol. The molecular formula is C66H110O6. The highest BCUT2D eigenvalue weighted by Crippen LogP contribution is 2.16. The molecule has 0 aliphatic rings. The van der Waals surface area contributed by atoms with E-state index in [2.05, 4.69) is 130 Å². The number of hydrogen-bond acceptors (Lipinski definition) is 6. The maximum Gasteiger partial charge on any atom is 0.306 e. The molecule has 0 saturated carbocycles. The summed E-state index contributed by atoms with van der Waals surface area (Å²) in [5.74, 6) is -0.919. The minimum Gasteiger partial charge on any atom is -0.462 e. The second-order valence-electron chi connectivity index (χ2n) is 19.5. The van der Waals surface area contributed by atoms with Gasteiger partial charge in [-0.05, 0) is 103 Å². The van der Waals surface area contributed by atoms with Crippen molar-refractivity contribution in [2.24, 2.45) is 0 Å². The van der Waals surface area contributed by atoms with Gasteiger partial charge in [0.1, 0.15) is 13.2 Å². The highest BCUT2D eigenvalue weighted by atomic mass is 16.6. The quantitative estimate of drug-likeness (QED) is 0.0261. The summed E-state index contributed by atoms with van der Waals surface area (Å²) in [5, 5.41) is 0. The van der Waals surface area contributed by atoms with Gasteiger partial charge in [-0.2, -0.15) is 0 Å². The van der Waals surface area contributed by atoms with Crippen LogP contribution in [0.15, 0.2) is 109 Å². The van der Waals surface area contributed by atoms with E-state index in [0.717, 1.165) is 128 Å². The van der Waals surface area contributed by atoms with Crippen molar-refractivity contribution in [1.29, 1.82) is 0 Å². The summed E-state index contributed by atoms with van der Waals surface area (Å²) in [4.78, 5) is 37.9. The number of allylic oxidation sites excluding steroid dienone is 18. The van der Waals surface area contributed by atoms with Crippen LogP contribution in [0.3, 0.4) is 0 Å². The van der Waals surface area contributed by atoms with Crippen molar-refractivity contribution in [2.75, 3.05) is 13.2 Å². The molecule has 0 rings (SSSR count). The number of ether oxygens (including phenoxy) is 3. The first-order valence-corrected chi connectivity index (χ1v) is 29.9. The van der Waals surface area contributed by atoms with E-state index >= 15 is 0 Å². The number of carbonyl (C=O) groups is 3. The summed E-state index contributed by atoms with van der Waals surface area (Å²) in [6.07, 6.45) is 81.3. The van der Waals surface area contributed by atoms with Crippen molar-refractivity contribution in [1.82, 2.24) is 0 Å². The van der Waals surface area contributed by atoms with Crippen LogP contribution in [0.2, 0.25) is 0 Å². The Balaban J connectivity index is 4.07. The third-order valence-corrected chi connectivity index (χ3v) is 12.5. The Kier molecular flexibility index (Phi) is 56.4. The zero-order valence-corrected chi connectivity index (χ0v) is 46.9. The molecule has 0 N–H and O–H groups in total. The molecule has 0 fully saturated rings. The van der Waals surface area contributed by atoms with Crippen LogP contribution in [-0.2, 0) is 28.6 Å². The molecule has 1 atom stereocenters. The van der Waals surface area contributed by atoms with E-state index in [1.165, 1.54) is 103 Å². The second kappa shape index (κ2) is 59.6. The molecular weight excluding hydrogens is 889 g/mol. The van der Waals surface area contributed by atoms with E-state index in [1.807, 2.05) is 0 Å². The fourth-order valence-corrected chi connectivity index (χ4v) is 8.11. The van der Waals surface area contributed by atoms with E-state index in [-0.39, 0.29) is 31.1 Å². The number of unbranched alkanes of at least 4 members (excludes halogenated alkanes) is 24. The molecule has 0 heterocycles. The largest absolute Gasteiger partial charge is 0.462 e. The first kappa shape index (κ1) is 68.1. The van der Waals surface area contributed by atoms with Gasteiger partial charge in [-0.15, -0.1) is 0 Å². The SMILES string of the molecule is CC/C=C\C/C=C\C/C=C\C/C=C\C/C=C\CCCCCCCCCCCCCCCCCC(=O)OCC(COC(=O)CCCCCCCC)OC(=O)CCCCCC/C=C\C/C=C\C/C=C\C/C=C\CC. The standard InChI is InChI=1S/C66H110O6/c1-4-7-10-13-16-18-20-22-24-26-27-28-29-30-31-32-33-34-35-36-37-38-39-41-42-44-46-48-50-53-56-59-65(68)71-62-63(61-70-64(67)58-55-52-15-12-9-6-3)72-66(69)60-57-54-51-49-47-45-43-40-25-23-21-19-17-14-11-8-5-2/h7-8,10-11,16-19,22-25,27-28,30-31,43,45,63H,4-6,9,12-15,20-21,26,29,32-42,44,46-62H2,1-3H3/b10-7-,11-8-,18-16-,19-17-,24-22-,25-23-,28-27-,31-30-,45-43-. The Morgan fingerprint density at radius 3 is 0.847 bits per heavy atom. The number of carbonyl (C=O) groups excluding carboxylic acids is 3. The molecule has 0 radical (unpaired) electrons. The normalized spacial score (nSPS) is 12.9. The smallest absolute Gasteiger partial charge is 0.306 e. The third-order valence-electron chi connectivity index (χ3n) is 12.5. The van der Waals surface area contributed by atoms with E-state index in [1.54, 1.807) is 0 Å². The van der Waals surface area contributed by atoms with E-state index in [9.17, 15) is 14.4 Å². The number of hydrogen-bond donors (Lipinski definition) is 0. The van der Waals surface area contributed by atoms with Crippen molar-refractivity contribution in [2.45, 2.75) is 277 Å². The molecule has 0 aromatic rings. The zero-order chi connectivity index (χ0) is 52.2. The number of rotatable bonds is 53. The molecule has 6 heteroatoms. The molecule has 0 aromatic carbocycles. The minimum absolute atomic E-state index is 0.0871. The first-order valence-electron chi connectivity index (χ1n) is 29.9. The Morgan fingerprint density at radius 1 is 0.292 bits per heavy atom. The van der Waals surface area contributed by atoms with Gasteiger partial charge in [0.15, 0.2) is 6.10 Å². The van der Waals surface area contributed by atoms with Crippen molar-refractivity contribution in [3.05, 3.63) is 109 Å². The van der Waals surface area contributed by atoms with Crippen LogP contribution >= 0.6 is 0 Å². The molecule has 0 aliphatic heterocycles. The van der Waals surface area contributed by atoms with Crippen LogP contribution in [-0.4, -0.2) is 37.2 Å². The van der Waals surface area contributed by atoms with E-state index < -0.39 is 6.10 Å². The third kappa shape index (κ3) is 57.0. The maximum absolute atomic E-state index is 12.8. The minimum atomic E-state index is -0.788. The fourth-order valence-electron chi connectivity index (χ4n) is 8.11. The Hall–Kier alpha value is -3.93. The van der Waals surface area contributed by atoms with Gasteiger partial charge < -0.3 is 14.2 Å². The van der Waals surface area contributed by atoms with Gasteiger partial charge in [0.05, 0.1) is 0 Å². The van der Waals surface area contributed by atoms with Crippen LogP contribution in [0.25, 0.3) is 0 Å². The topological polar surface area (TPSA) is 78.9 Å². The summed E-state index contributed by atoms with van der Waals surface area (Å²) in [6.45, 7) is 6.34. The van der Waals surface area contributed by atoms with Gasteiger partial charge in [-0.25, -0.2) is 0 Å². The lowest BCUT2D eigenvalue weighted by molar-refractivity contribution is -0.167. The van der Waals surface area contributed by atoms with Crippen LogP contribution in [0.4, 0.5) is 0 Å². The highest BCUT2D eigenvalue weighted by Gasteiger charge is 2.19. The van der Waals surface area contributed by atoms with Crippen LogP contribution in [0.1, 0.15) is 271 Å². The van der Waals surface area contributed by atoms with Crippen molar-refractivity contribution >= 4 is 17.9 Å². The van der Waals surface area contributed by atoms with Gasteiger partial charge >= 0.3 is 17.9 Å². The molecule has 1 unspecified atom stereocenters. The van der Waals surface area contributed by atoms with Crippen LogP contribution in [0.5, 0.6) is 0 Å². The molecule has 0 bridgehead atoms. The maximum atomic E-state index is 12.8. The van der Waals surface area contributed by atoms with Crippen LogP contribution < -0.4 is 0 Å². The Bertz CT molecular complexity index is 1470. The summed E-state index contributed by atoms with van der Waals surface area (Å²) in [5.41, 5.74) is 0. The summed E-state index contributed by atoms with van der Waals surface area (Å²) in [6, 6.07) is 0. The summed E-state index contributed by atoms with van der Waals surface area (Å²) in [7, 11) is 0. The van der Waals surface area contributed by atoms with Gasteiger partial charge in [0.25, 0.3) is 0 Å². The first-order chi connectivity index (χ1) is 35.5. The lowest BCUT2D eigenvalue weighted by atomic mass is 10.0. The fraction of sp³-hybridized carbons (Fsp3) is 0.682. The van der Waals surface area contributed by atoms with Crippen molar-refractivity contribution in [3.63, 3.8) is 0 Å². The second-order valence-corrected chi connectivity index (χ2v) is 19.5. The highest BCUT2D eigenvalue weighted by molar-refractivity contribution is 5.71. The average Bonchev–Trinajstić information content (AvgIpc) is 3.38. The molecule has 0 aliphatic carbocycles. The molecule has 6 nitrogen and oxygen atoms in total. The molecule has 0 saturated heterocycles. The number of esters is 3. The zero-order valence-electron chi connectivity index (χ0n) is 46.9. The van der Waals surface area contributed by atoms with Gasteiger partial charge in [0.2, 0.25) is 0 Å². The van der Waals surface area contributed by atoms with Crippen LogP contribution in [0, 0.1) is 0 Å². The predicted octanol–water partition coefficient (Wildman–Crippen LogP) is 20.3. The van der Waals surface area contributed by atoms with Gasteiger partial charge in [-0.1, -0.05) is 259 Å². The van der Waals surface area contributed by atoms with Crippen molar-refractivity contribution in [3.8, 4) is 0 Å². The van der Waals surface area contributed by atoms with Gasteiger partial charge in [0, 0.05) is 19.3 Å². The van der Waals surface area contributed by atoms with E-state index in [0.29, 0.717) is 19.3 Å². The molecule has 0 aromatic heterocycles. The Labute approximate surface area is 444 Å². The summed E-state index contributed by atoms with van der Waals surface area (Å²) < 4.78 is 16.7. The lowest BCUT2D eigenvalue weighted by Crippen LogP contribution is -2.30. The van der Waals surface area contributed by atoms with E-state index in [4.69, 9.17) is 14.2 Å². The molecule has 410 valence electrons. The molecule has 0 amide bonds. The summed E-state index contributed by atoms with van der Waals surface area (Å²) >= 11 is 0. The molecule has 72 heavy (non-hydrogen) atoms. The van der Waals surface area contributed by atoms with Gasteiger partial charge in [-0.3, -0.25) is 14.4 Å². The monoisotopic (exact) mass is 999 g/mol. The predicted molar refractivity (Wildman–Crippen MR) is 311 cm³/mol. The molecule has 0 spiro atoms. The Morgan fingerprint density at radius 2 is 0.542 bits per heavy atom. The lowest BCUT2D eigenvalue weighted by Gasteiger charge is -2.18.